The van der Waals surface area contributed by atoms with Crippen molar-refractivity contribution in [1.29, 1.82) is 0 Å². The fourth-order valence-electron chi connectivity index (χ4n) is 3.77. The lowest BCUT2D eigenvalue weighted by Gasteiger charge is -2.29. The molecule has 192 valence electrons. The second-order valence-electron chi connectivity index (χ2n) is 10.1. The Bertz CT molecular complexity index is 1210. The first-order valence-corrected chi connectivity index (χ1v) is 13.1. The molecular weight excluding hydrogens is 494 g/mol. The summed E-state index contributed by atoms with van der Waals surface area (Å²) >= 11 is 7.60. The monoisotopic (exact) mass is 527 g/mol. The summed E-state index contributed by atoms with van der Waals surface area (Å²) in [4.78, 5) is 36.8. The van der Waals surface area contributed by atoms with Crippen LogP contribution in [0.5, 0.6) is 0 Å². The fourth-order valence-corrected chi connectivity index (χ4v) is 4.95. The van der Waals surface area contributed by atoms with Crippen molar-refractivity contribution >= 4 is 51.6 Å². The molecule has 2 atom stereocenters. The van der Waals surface area contributed by atoms with Crippen molar-refractivity contribution in [2.24, 2.45) is 5.41 Å². The van der Waals surface area contributed by atoms with E-state index in [1.165, 1.54) is 11.3 Å². The Morgan fingerprint density at radius 3 is 2.61 bits per heavy atom. The number of carbonyl (C=O) groups is 2. The van der Waals surface area contributed by atoms with E-state index in [1.54, 1.807) is 23.4 Å². The summed E-state index contributed by atoms with van der Waals surface area (Å²) in [6.07, 6.45) is 5.34. The van der Waals surface area contributed by atoms with Crippen LogP contribution in [0.15, 0.2) is 42.7 Å². The molecule has 2 N–H and O–H groups in total. The molecule has 0 aliphatic rings. The van der Waals surface area contributed by atoms with Gasteiger partial charge in [0.2, 0.25) is 12.3 Å². The summed E-state index contributed by atoms with van der Waals surface area (Å²) in [6, 6.07) is 8.59. The molecule has 9 heteroatoms. The third kappa shape index (κ3) is 7.51. The van der Waals surface area contributed by atoms with Crippen molar-refractivity contribution in [3.05, 3.63) is 64.0 Å². The highest BCUT2D eigenvalue weighted by Gasteiger charge is 2.29. The van der Waals surface area contributed by atoms with Crippen LogP contribution in [0.25, 0.3) is 0 Å². The molecule has 0 aromatic carbocycles. The number of pyridine rings is 2. The van der Waals surface area contributed by atoms with E-state index >= 15 is 0 Å². The molecule has 0 fully saturated rings. The van der Waals surface area contributed by atoms with Crippen molar-refractivity contribution < 1.29 is 9.59 Å². The number of carbonyl (C=O) groups excluding carboxylic acids is 2. The quantitative estimate of drug-likeness (QED) is 0.284. The van der Waals surface area contributed by atoms with Crippen LogP contribution >= 0.6 is 22.9 Å². The zero-order chi connectivity index (χ0) is 26.5. The largest absolute Gasteiger partial charge is 0.376 e. The molecule has 3 heterocycles. The lowest BCUT2D eigenvalue weighted by Crippen LogP contribution is -2.44. The predicted octanol–water partition coefficient (Wildman–Crippen LogP) is 6.78. The number of halogens is 1. The highest BCUT2D eigenvalue weighted by atomic mass is 35.5. The summed E-state index contributed by atoms with van der Waals surface area (Å²) in [7, 11) is 0. The van der Waals surface area contributed by atoms with Crippen LogP contribution in [0.3, 0.4) is 0 Å². The average molecular weight is 528 g/mol. The molecule has 0 aliphatic carbocycles. The number of anilines is 3. The standard InChI is InChI=1S/C27H34ClN5O2S/c1-17-13-21(10-12-29-17)32-26(35)23(9-11-27(4,5)6)33(16-34)25-8-7-24(36-25)19(3)31-22-14-20(28)15-30-18(22)2/h7-8,10,12-16,19,23,31H,9,11H2,1-6H3,(H,29,32,35)/t19-,23+/m0/s1. The SMILES string of the molecule is Cc1cc(NC(=O)[C@@H](CCC(C)(C)C)N(C=O)c2ccc([C@H](C)Nc3cc(Cl)cnc3C)s2)ccn1. The number of amides is 2. The minimum absolute atomic E-state index is 0.0161. The number of hydrogen-bond donors (Lipinski definition) is 2. The highest BCUT2D eigenvalue weighted by Crippen LogP contribution is 2.34. The Kier molecular flexibility index (Phi) is 9.08. The number of aryl methyl sites for hydroxylation is 2. The number of nitrogens with one attached hydrogen (secondary N) is 2. The number of hydrogen-bond acceptors (Lipinski definition) is 6. The van der Waals surface area contributed by atoms with E-state index in [2.05, 4.69) is 41.4 Å². The first-order valence-electron chi connectivity index (χ1n) is 11.9. The molecule has 0 aliphatic heterocycles. The first kappa shape index (κ1) is 27.6. The smallest absolute Gasteiger partial charge is 0.247 e. The van der Waals surface area contributed by atoms with Gasteiger partial charge in [0.05, 0.1) is 27.4 Å². The molecule has 36 heavy (non-hydrogen) atoms. The van der Waals surface area contributed by atoms with E-state index < -0.39 is 6.04 Å². The lowest BCUT2D eigenvalue weighted by atomic mass is 9.88. The summed E-state index contributed by atoms with van der Waals surface area (Å²) in [6.45, 7) is 12.2. The molecule has 0 radical (unpaired) electrons. The second kappa shape index (κ2) is 11.8. The van der Waals surface area contributed by atoms with E-state index in [0.717, 1.165) is 39.8 Å². The van der Waals surface area contributed by atoms with Gasteiger partial charge in [-0.3, -0.25) is 24.5 Å². The van der Waals surface area contributed by atoms with E-state index in [4.69, 9.17) is 11.6 Å². The van der Waals surface area contributed by atoms with Gasteiger partial charge < -0.3 is 10.6 Å². The van der Waals surface area contributed by atoms with E-state index in [9.17, 15) is 9.59 Å². The third-order valence-electron chi connectivity index (χ3n) is 5.80. The van der Waals surface area contributed by atoms with Crippen molar-refractivity contribution in [2.75, 3.05) is 15.5 Å². The van der Waals surface area contributed by atoms with E-state index in [0.29, 0.717) is 17.1 Å². The van der Waals surface area contributed by atoms with Crippen molar-refractivity contribution in [3.8, 4) is 0 Å². The molecule has 3 aromatic heterocycles. The summed E-state index contributed by atoms with van der Waals surface area (Å²) in [5.41, 5.74) is 3.19. The Hall–Kier alpha value is -2.97. The number of nitrogens with zero attached hydrogens (tertiary/aromatic N) is 3. The number of aromatic nitrogens is 2. The van der Waals surface area contributed by atoms with Crippen LogP contribution in [0.1, 0.15) is 62.8 Å². The van der Waals surface area contributed by atoms with Gasteiger partial charge in [0.1, 0.15) is 6.04 Å². The van der Waals surface area contributed by atoms with Gasteiger partial charge in [-0.05, 0) is 69.4 Å². The molecule has 7 nitrogen and oxygen atoms in total. The van der Waals surface area contributed by atoms with Gasteiger partial charge in [0, 0.05) is 28.7 Å². The number of thiophene rings is 1. The zero-order valence-electron chi connectivity index (χ0n) is 21.6. The Morgan fingerprint density at radius 2 is 1.94 bits per heavy atom. The lowest BCUT2D eigenvalue weighted by molar-refractivity contribution is -0.119. The minimum Gasteiger partial charge on any atom is -0.376 e. The predicted molar refractivity (Wildman–Crippen MR) is 149 cm³/mol. The van der Waals surface area contributed by atoms with Crippen molar-refractivity contribution in [2.45, 2.75) is 66.5 Å². The van der Waals surface area contributed by atoms with Crippen LogP contribution in [0.2, 0.25) is 5.02 Å². The van der Waals surface area contributed by atoms with Gasteiger partial charge >= 0.3 is 0 Å². The summed E-state index contributed by atoms with van der Waals surface area (Å²) in [5, 5.41) is 7.69. The first-order chi connectivity index (χ1) is 17.0. The number of rotatable bonds is 10. The highest BCUT2D eigenvalue weighted by molar-refractivity contribution is 7.16. The average Bonchev–Trinajstić information content (AvgIpc) is 3.28. The maximum atomic E-state index is 13.4. The summed E-state index contributed by atoms with van der Waals surface area (Å²) in [5.74, 6) is -0.223. The molecule has 3 aromatic rings. The molecule has 0 saturated carbocycles. The Balaban J connectivity index is 1.83. The minimum atomic E-state index is -0.649. The van der Waals surface area contributed by atoms with Gasteiger partial charge in [-0.1, -0.05) is 32.4 Å². The normalized spacial score (nSPS) is 13.1. The second-order valence-corrected chi connectivity index (χ2v) is 11.7. The van der Waals surface area contributed by atoms with Gasteiger partial charge in [-0.15, -0.1) is 11.3 Å². The van der Waals surface area contributed by atoms with Crippen LogP contribution in [-0.2, 0) is 9.59 Å². The van der Waals surface area contributed by atoms with Gasteiger partial charge in [-0.2, -0.15) is 0 Å². The fraction of sp³-hybridized carbons (Fsp3) is 0.407. The Labute approximate surface area is 222 Å². The molecule has 3 rings (SSSR count). The third-order valence-corrected chi connectivity index (χ3v) is 7.29. The van der Waals surface area contributed by atoms with E-state index in [-0.39, 0.29) is 17.4 Å². The van der Waals surface area contributed by atoms with Crippen LogP contribution in [-0.4, -0.2) is 28.3 Å². The topological polar surface area (TPSA) is 87.2 Å². The maximum Gasteiger partial charge on any atom is 0.247 e. The van der Waals surface area contributed by atoms with Crippen molar-refractivity contribution in [3.63, 3.8) is 0 Å². The zero-order valence-corrected chi connectivity index (χ0v) is 23.2. The van der Waals surface area contributed by atoms with Crippen LogP contribution in [0.4, 0.5) is 16.4 Å². The van der Waals surface area contributed by atoms with Crippen molar-refractivity contribution in [1.82, 2.24) is 9.97 Å². The molecular formula is C27H34ClN5O2S. The maximum absolute atomic E-state index is 13.4. The van der Waals surface area contributed by atoms with Gasteiger partial charge in [0.15, 0.2) is 0 Å². The van der Waals surface area contributed by atoms with Gasteiger partial charge in [-0.25, -0.2) is 0 Å². The van der Waals surface area contributed by atoms with Gasteiger partial charge in [0.25, 0.3) is 0 Å². The molecule has 0 bridgehead atoms. The van der Waals surface area contributed by atoms with Crippen LogP contribution < -0.4 is 15.5 Å². The van der Waals surface area contributed by atoms with Crippen LogP contribution in [0, 0.1) is 19.3 Å². The summed E-state index contributed by atoms with van der Waals surface area (Å²) < 4.78 is 0. The molecule has 2 amide bonds. The molecule has 0 saturated heterocycles. The van der Waals surface area contributed by atoms with E-state index in [1.807, 2.05) is 45.0 Å². The Morgan fingerprint density at radius 1 is 1.19 bits per heavy atom. The molecule has 0 spiro atoms. The molecule has 0 unspecified atom stereocenters.